The molecule has 1 heterocycles. The summed E-state index contributed by atoms with van der Waals surface area (Å²) < 4.78 is 54.0. The summed E-state index contributed by atoms with van der Waals surface area (Å²) in [4.78, 5) is 13.1. The molecular weight excluding hydrogens is 424 g/mol. The SMILES string of the molecule is Cc1c(Cl)cccc1NC(=O)CN1CCN(S(=O)(=O)c2c(F)cccc2F)CC1. The second-order valence-corrected chi connectivity index (χ2v) is 8.97. The highest BCUT2D eigenvalue weighted by Gasteiger charge is 2.33. The van der Waals surface area contributed by atoms with E-state index in [4.69, 9.17) is 11.6 Å². The monoisotopic (exact) mass is 443 g/mol. The Balaban J connectivity index is 1.60. The van der Waals surface area contributed by atoms with E-state index >= 15 is 0 Å². The number of nitrogens with one attached hydrogen (secondary N) is 1. The van der Waals surface area contributed by atoms with Gasteiger partial charge in [0.15, 0.2) is 4.90 Å². The molecule has 0 aliphatic carbocycles. The normalized spacial score (nSPS) is 16.0. The standard InChI is InChI=1S/C19H20ClF2N3O3S/c1-13-14(20)4-2-7-17(13)23-18(26)12-24-8-10-25(11-9-24)29(27,28)19-15(21)5-3-6-16(19)22/h2-7H,8-12H2,1H3,(H,23,26). The molecule has 1 N–H and O–H groups in total. The first-order valence-corrected chi connectivity index (χ1v) is 10.7. The Morgan fingerprint density at radius 1 is 1.07 bits per heavy atom. The summed E-state index contributed by atoms with van der Waals surface area (Å²) in [5, 5.41) is 3.33. The summed E-state index contributed by atoms with van der Waals surface area (Å²) in [6, 6.07) is 8.14. The lowest BCUT2D eigenvalue weighted by Gasteiger charge is -2.33. The van der Waals surface area contributed by atoms with Crippen molar-refractivity contribution in [2.45, 2.75) is 11.8 Å². The number of rotatable bonds is 5. The van der Waals surface area contributed by atoms with Gasteiger partial charge in [0, 0.05) is 36.9 Å². The average Bonchev–Trinajstić information content (AvgIpc) is 2.65. The van der Waals surface area contributed by atoms with E-state index in [0.29, 0.717) is 10.7 Å². The van der Waals surface area contributed by atoms with Crippen molar-refractivity contribution in [3.05, 3.63) is 58.6 Å². The molecule has 156 valence electrons. The van der Waals surface area contributed by atoms with Gasteiger partial charge in [0.25, 0.3) is 0 Å². The molecule has 0 radical (unpaired) electrons. The summed E-state index contributed by atoms with van der Waals surface area (Å²) in [7, 11) is -4.29. The molecule has 0 atom stereocenters. The fourth-order valence-electron chi connectivity index (χ4n) is 3.12. The average molecular weight is 444 g/mol. The van der Waals surface area contributed by atoms with Crippen molar-refractivity contribution >= 4 is 33.2 Å². The van der Waals surface area contributed by atoms with Crippen LogP contribution in [0.25, 0.3) is 0 Å². The number of halogens is 3. The van der Waals surface area contributed by atoms with Gasteiger partial charge < -0.3 is 5.32 Å². The molecule has 10 heteroatoms. The molecule has 0 saturated carbocycles. The first-order chi connectivity index (χ1) is 13.7. The largest absolute Gasteiger partial charge is 0.325 e. The molecule has 6 nitrogen and oxygen atoms in total. The third-order valence-electron chi connectivity index (χ3n) is 4.76. The van der Waals surface area contributed by atoms with Crippen LogP contribution < -0.4 is 5.32 Å². The van der Waals surface area contributed by atoms with Gasteiger partial charge in [-0.05, 0) is 36.8 Å². The summed E-state index contributed by atoms with van der Waals surface area (Å²) in [6.07, 6.45) is 0. The van der Waals surface area contributed by atoms with Gasteiger partial charge in [-0.25, -0.2) is 17.2 Å². The van der Waals surface area contributed by atoms with E-state index in [-0.39, 0.29) is 38.6 Å². The molecule has 1 aliphatic heterocycles. The molecule has 2 aromatic rings. The maximum atomic E-state index is 13.9. The quantitative estimate of drug-likeness (QED) is 0.771. The van der Waals surface area contributed by atoms with Gasteiger partial charge in [-0.1, -0.05) is 23.7 Å². The topological polar surface area (TPSA) is 69.7 Å². The van der Waals surface area contributed by atoms with Crippen LogP contribution in [-0.2, 0) is 14.8 Å². The molecular formula is C19H20ClF2N3O3S. The number of carbonyl (C=O) groups is 1. The summed E-state index contributed by atoms with van der Waals surface area (Å²) in [6.45, 7) is 2.44. The number of anilines is 1. The Kier molecular flexibility index (Phi) is 6.52. The number of carbonyl (C=O) groups excluding carboxylic acids is 1. The molecule has 29 heavy (non-hydrogen) atoms. The maximum Gasteiger partial charge on any atom is 0.249 e. The number of hydrogen-bond acceptors (Lipinski definition) is 4. The number of benzene rings is 2. The van der Waals surface area contributed by atoms with Crippen molar-refractivity contribution in [3.8, 4) is 0 Å². The molecule has 0 bridgehead atoms. The smallest absolute Gasteiger partial charge is 0.249 e. The van der Waals surface area contributed by atoms with Crippen molar-refractivity contribution in [3.63, 3.8) is 0 Å². The Morgan fingerprint density at radius 3 is 2.28 bits per heavy atom. The Bertz CT molecular complexity index is 1010. The van der Waals surface area contributed by atoms with Gasteiger partial charge in [-0.15, -0.1) is 0 Å². The molecule has 1 saturated heterocycles. The van der Waals surface area contributed by atoms with Crippen LogP contribution in [0.2, 0.25) is 5.02 Å². The zero-order valence-electron chi connectivity index (χ0n) is 15.7. The number of amides is 1. The van der Waals surface area contributed by atoms with Crippen LogP contribution in [0.15, 0.2) is 41.3 Å². The Hall–Kier alpha value is -2.07. The van der Waals surface area contributed by atoms with Gasteiger partial charge >= 0.3 is 0 Å². The highest BCUT2D eigenvalue weighted by atomic mass is 35.5. The molecule has 0 unspecified atom stereocenters. The lowest BCUT2D eigenvalue weighted by molar-refractivity contribution is -0.117. The predicted octanol–water partition coefficient (Wildman–Crippen LogP) is 2.87. The summed E-state index contributed by atoms with van der Waals surface area (Å²) in [5.41, 5.74) is 1.36. The number of sulfonamides is 1. The fraction of sp³-hybridized carbons (Fsp3) is 0.316. The highest BCUT2D eigenvalue weighted by Crippen LogP contribution is 2.24. The van der Waals surface area contributed by atoms with Gasteiger partial charge in [-0.2, -0.15) is 4.31 Å². The van der Waals surface area contributed by atoms with Crippen molar-refractivity contribution in [1.82, 2.24) is 9.21 Å². The van der Waals surface area contributed by atoms with E-state index in [1.165, 1.54) is 0 Å². The number of hydrogen-bond donors (Lipinski definition) is 1. The lowest BCUT2D eigenvalue weighted by Crippen LogP contribution is -2.50. The van der Waals surface area contributed by atoms with Gasteiger partial charge in [0.05, 0.1) is 6.54 Å². The minimum absolute atomic E-state index is 0.0274. The van der Waals surface area contributed by atoms with Crippen molar-refractivity contribution < 1.29 is 22.0 Å². The molecule has 0 spiro atoms. The minimum atomic E-state index is -4.29. The predicted molar refractivity (Wildman–Crippen MR) is 106 cm³/mol. The van der Waals surface area contributed by atoms with Crippen LogP contribution in [-0.4, -0.2) is 56.3 Å². The number of nitrogens with zero attached hydrogens (tertiary/aromatic N) is 2. The van der Waals surface area contributed by atoms with Gasteiger partial charge in [0.2, 0.25) is 15.9 Å². The fourth-order valence-corrected chi connectivity index (χ4v) is 4.83. The second kappa shape index (κ2) is 8.74. The Morgan fingerprint density at radius 2 is 1.66 bits per heavy atom. The Labute approximate surface area is 173 Å². The summed E-state index contributed by atoms with van der Waals surface area (Å²) in [5.74, 6) is -2.50. The van der Waals surface area contributed by atoms with Crippen LogP contribution in [0, 0.1) is 18.6 Å². The third kappa shape index (κ3) is 4.75. The highest BCUT2D eigenvalue weighted by molar-refractivity contribution is 7.89. The molecule has 0 aromatic heterocycles. The van der Waals surface area contributed by atoms with Crippen molar-refractivity contribution in [1.29, 1.82) is 0 Å². The van der Waals surface area contributed by atoms with E-state index in [0.717, 1.165) is 28.1 Å². The van der Waals surface area contributed by atoms with E-state index in [1.54, 1.807) is 30.0 Å². The van der Waals surface area contributed by atoms with E-state index < -0.39 is 26.6 Å². The minimum Gasteiger partial charge on any atom is -0.325 e. The summed E-state index contributed by atoms with van der Waals surface area (Å²) >= 11 is 6.04. The van der Waals surface area contributed by atoms with Gasteiger partial charge in [-0.3, -0.25) is 9.69 Å². The molecule has 1 fully saturated rings. The van der Waals surface area contributed by atoms with Crippen LogP contribution in [0.5, 0.6) is 0 Å². The third-order valence-corrected chi connectivity index (χ3v) is 7.12. The van der Waals surface area contributed by atoms with E-state index in [2.05, 4.69) is 5.32 Å². The molecule has 1 aliphatic rings. The van der Waals surface area contributed by atoms with Crippen LogP contribution >= 0.6 is 11.6 Å². The first kappa shape index (κ1) is 21.6. The molecule has 2 aromatic carbocycles. The first-order valence-electron chi connectivity index (χ1n) is 8.91. The zero-order chi connectivity index (χ0) is 21.2. The van der Waals surface area contributed by atoms with E-state index in [1.807, 2.05) is 0 Å². The maximum absolute atomic E-state index is 13.9. The van der Waals surface area contributed by atoms with Crippen LogP contribution in [0.1, 0.15) is 5.56 Å². The molecule has 3 rings (SSSR count). The number of piperazine rings is 1. The van der Waals surface area contributed by atoms with Crippen molar-refractivity contribution in [2.75, 3.05) is 38.0 Å². The van der Waals surface area contributed by atoms with Crippen LogP contribution in [0.4, 0.5) is 14.5 Å². The molecule has 1 amide bonds. The second-order valence-electron chi connectivity index (χ2n) is 6.69. The van der Waals surface area contributed by atoms with Gasteiger partial charge in [0.1, 0.15) is 11.6 Å². The zero-order valence-corrected chi connectivity index (χ0v) is 17.2. The van der Waals surface area contributed by atoms with Crippen molar-refractivity contribution in [2.24, 2.45) is 0 Å². The van der Waals surface area contributed by atoms with E-state index in [9.17, 15) is 22.0 Å². The van der Waals surface area contributed by atoms with Crippen LogP contribution in [0.3, 0.4) is 0 Å². The lowest BCUT2D eigenvalue weighted by atomic mass is 10.2.